The molecule has 0 aliphatic heterocycles. The second kappa shape index (κ2) is 6.44. The molecule has 3 aromatic rings. The zero-order valence-corrected chi connectivity index (χ0v) is 12.5. The van der Waals surface area contributed by atoms with Crippen molar-refractivity contribution in [2.45, 2.75) is 13.2 Å². The summed E-state index contributed by atoms with van der Waals surface area (Å²) in [6.45, 7) is 0.736. The molecule has 0 bridgehead atoms. The van der Waals surface area contributed by atoms with Crippen LogP contribution in [0.2, 0.25) is 0 Å². The highest BCUT2D eigenvalue weighted by atomic mass is 32.1. The molecule has 0 radical (unpaired) electrons. The Kier molecular flexibility index (Phi) is 4.20. The fraction of sp³-hybridized carbons (Fsp3) is 0.125. The standard InChI is InChI=1S/C16H14N2O3S/c19-16(20)15-14(21-11-12-5-2-1-3-6-12)9-17-18(15)10-13-7-4-8-22-13/h1-9H,10-11H2,(H,19,20). The van der Waals surface area contributed by atoms with Gasteiger partial charge in [-0.1, -0.05) is 36.4 Å². The van der Waals surface area contributed by atoms with Gasteiger partial charge in [0, 0.05) is 4.88 Å². The number of rotatable bonds is 6. The van der Waals surface area contributed by atoms with Gasteiger partial charge in [-0.15, -0.1) is 11.3 Å². The molecule has 6 heteroatoms. The minimum atomic E-state index is -1.04. The van der Waals surface area contributed by atoms with Gasteiger partial charge in [0.25, 0.3) is 0 Å². The first kappa shape index (κ1) is 14.3. The fourth-order valence-electron chi connectivity index (χ4n) is 2.09. The Morgan fingerprint density at radius 1 is 1.23 bits per heavy atom. The molecular weight excluding hydrogens is 300 g/mol. The smallest absolute Gasteiger partial charge is 0.358 e. The van der Waals surface area contributed by atoms with Crippen molar-refractivity contribution in [3.63, 3.8) is 0 Å². The first-order valence-corrected chi connectivity index (χ1v) is 7.60. The lowest BCUT2D eigenvalue weighted by Crippen LogP contribution is -2.11. The largest absolute Gasteiger partial charge is 0.485 e. The Morgan fingerprint density at radius 3 is 2.73 bits per heavy atom. The normalized spacial score (nSPS) is 10.5. The second-order valence-corrected chi connectivity index (χ2v) is 5.71. The van der Waals surface area contributed by atoms with E-state index in [4.69, 9.17) is 4.74 Å². The number of hydrogen-bond acceptors (Lipinski definition) is 4. The van der Waals surface area contributed by atoms with Gasteiger partial charge in [0.1, 0.15) is 6.61 Å². The Bertz CT molecular complexity index is 751. The SMILES string of the molecule is O=C(O)c1c(OCc2ccccc2)cnn1Cc1cccs1. The highest BCUT2D eigenvalue weighted by Gasteiger charge is 2.19. The van der Waals surface area contributed by atoms with Gasteiger partial charge in [0.05, 0.1) is 12.7 Å². The average Bonchev–Trinajstić information content (AvgIpc) is 3.16. The fourth-order valence-corrected chi connectivity index (χ4v) is 2.78. The molecule has 2 aromatic heterocycles. The Labute approximate surface area is 131 Å². The number of aromatic nitrogens is 2. The van der Waals surface area contributed by atoms with Crippen molar-refractivity contribution in [3.8, 4) is 5.75 Å². The van der Waals surface area contributed by atoms with E-state index < -0.39 is 5.97 Å². The lowest BCUT2D eigenvalue weighted by atomic mass is 10.2. The third kappa shape index (κ3) is 3.17. The Balaban J connectivity index is 1.79. The van der Waals surface area contributed by atoms with Gasteiger partial charge in [-0.05, 0) is 17.0 Å². The number of carbonyl (C=O) groups is 1. The van der Waals surface area contributed by atoms with Crippen LogP contribution in [0.3, 0.4) is 0 Å². The van der Waals surface area contributed by atoms with E-state index >= 15 is 0 Å². The minimum Gasteiger partial charge on any atom is -0.485 e. The number of carboxylic acids is 1. The molecule has 0 saturated carbocycles. The molecule has 112 valence electrons. The van der Waals surface area contributed by atoms with Gasteiger partial charge in [-0.2, -0.15) is 5.10 Å². The molecule has 0 atom stereocenters. The molecule has 5 nitrogen and oxygen atoms in total. The monoisotopic (exact) mass is 314 g/mol. The molecular formula is C16H14N2O3S. The predicted molar refractivity (Wildman–Crippen MR) is 83.4 cm³/mol. The van der Waals surface area contributed by atoms with Crippen LogP contribution in [0.4, 0.5) is 0 Å². The molecule has 0 saturated heterocycles. The van der Waals surface area contributed by atoms with Gasteiger partial charge < -0.3 is 9.84 Å². The summed E-state index contributed by atoms with van der Waals surface area (Å²) in [5, 5.41) is 15.5. The molecule has 0 spiro atoms. The van der Waals surface area contributed by atoms with Crippen LogP contribution in [0.25, 0.3) is 0 Å². The average molecular weight is 314 g/mol. The van der Waals surface area contributed by atoms with Crippen molar-refractivity contribution in [3.05, 3.63) is 70.2 Å². The van der Waals surface area contributed by atoms with Crippen LogP contribution < -0.4 is 4.74 Å². The van der Waals surface area contributed by atoms with E-state index in [0.717, 1.165) is 10.4 Å². The van der Waals surface area contributed by atoms with Crippen LogP contribution in [0.1, 0.15) is 20.9 Å². The van der Waals surface area contributed by atoms with Crippen LogP contribution in [0.15, 0.2) is 54.0 Å². The number of benzene rings is 1. The van der Waals surface area contributed by atoms with Crippen LogP contribution >= 0.6 is 11.3 Å². The molecule has 0 fully saturated rings. The number of nitrogens with zero attached hydrogens (tertiary/aromatic N) is 2. The van der Waals surface area contributed by atoms with Crippen molar-refractivity contribution < 1.29 is 14.6 Å². The Hall–Kier alpha value is -2.60. The van der Waals surface area contributed by atoms with Crippen molar-refractivity contribution >= 4 is 17.3 Å². The molecule has 0 unspecified atom stereocenters. The van der Waals surface area contributed by atoms with E-state index in [0.29, 0.717) is 13.2 Å². The highest BCUT2D eigenvalue weighted by molar-refractivity contribution is 7.09. The van der Waals surface area contributed by atoms with Gasteiger partial charge in [0.15, 0.2) is 11.4 Å². The lowest BCUT2D eigenvalue weighted by Gasteiger charge is -2.07. The maximum absolute atomic E-state index is 11.5. The molecule has 1 aromatic carbocycles. The summed E-state index contributed by atoms with van der Waals surface area (Å²) in [6, 6.07) is 13.5. The van der Waals surface area contributed by atoms with E-state index in [9.17, 15) is 9.90 Å². The van der Waals surface area contributed by atoms with Gasteiger partial charge in [-0.3, -0.25) is 0 Å². The lowest BCUT2D eigenvalue weighted by molar-refractivity contribution is 0.0678. The quantitative estimate of drug-likeness (QED) is 0.758. The summed E-state index contributed by atoms with van der Waals surface area (Å²) in [6.07, 6.45) is 1.46. The van der Waals surface area contributed by atoms with E-state index in [1.54, 1.807) is 11.3 Å². The first-order chi connectivity index (χ1) is 10.7. The first-order valence-electron chi connectivity index (χ1n) is 6.72. The summed E-state index contributed by atoms with van der Waals surface area (Å²) >= 11 is 1.56. The van der Waals surface area contributed by atoms with Crippen LogP contribution in [-0.2, 0) is 13.2 Å². The summed E-state index contributed by atoms with van der Waals surface area (Å²) in [4.78, 5) is 12.5. The van der Waals surface area contributed by atoms with E-state index in [-0.39, 0.29) is 11.4 Å². The van der Waals surface area contributed by atoms with Crippen molar-refractivity contribution in [1.82, 2.24) is 9.78 Å². The number of thiophene rings is 1. The second-order valence-electron chi connectivity index (χ2n) is 4.67. The number of hydrogen-bond donors (Lipinski definition) is 1. The molecule has 2 heterocycles. The van der Waals surface area contributed by atoms with Gasteiger partial charge in [-0.25, -0.2) is 9.48 Å². The molecule has 0 aliphatic carbocycles. The highest BCUT2D eigenvalue weighted by Crippen LogP contribution is 2.21. The zero-order valence-electron chi connectivity index (χ0n) is 11.7. The Morgan fingerprint density at radius 2 is 2.05 bits per heavy atom. The summed E-state index contributed by atoms with van der Waals surface area (Å²) in [5.41, 5.74) is 1.05. The summed E-state index contributed by atoms with van der Waals surface area (Å²) in [7, 11) is 0. The number of carboxylic acid groups (broad SMARTS) is 1. The summed E-state index contributed by atoms with van der Waals surface area (Å²) in [5.74, 6) is -0.759. The summed E-state index contributed by atoms with van der Waals surface area (Å²) < 4.78 is 7.08. The van der Waals surface area contributed by atoms with E-state index in [2.05, 4.69) is 5.10 Å². The topological polar surface area (TPSA) is 64.3 Å². The van der Waals surface area contributed by atoms with Crippen LogP contribution in [0, 0.1) is 0 Å². The van der Waals surface area contributed by atoms with Crippen molar-refractivity contribution in [2.75, 3.05) is 0 Å². The van der Waals surface area contributed by atoms with Crippen LogP contribution in [-0.4, -0.2) is 20.9 Å². The molecule has 0 amide bonds. The van der Waals surface area contributed by atoms with E-state index in [1.807, 2.05) is 47.8 Å². The zero-order chi connectivity index (χ0) is 15.4. The molecule has 0 aliphatic rings. The number of ether oxygens (including phenoxy) is 1. The third-order valence-corrected chi connectivity index (χ3v) is 3.99. The van der Waals surface area contributed by atoms with Gasteiger partial charge >= 0.3 is 5.97 Å². The maximum Gasteiger partial charge on any atom is 0.358 e. The predicted octanol–water partition coefficient (Wildman–Crippen LogP) is 3.27. The molecule has 1 N–H and O–H groups in total. The number of aromatic carboxylic acids is 1. The third-order valence-electron chi connectivity index (χ3n) is 3.13. The van der Waals surface area contributed by atoms with Crippen molar-refractivity contribution in [2.24, 2.45) is 0 Å². The molecule has 3 rings (SSSR count). The maximum atomic E-state index is 11.5. The van der Waals surface area contributed by atoms with Gasteiger partial charge in [0.2, 0.25) is 0 Å². The van der Waals surface area contributed by atoms with Crippen molar-refractivity contribution in [1.29, 1.82) is 0 Å². The van der Waals surface area contributed by atoms with Crippen LogP contribution in [0.5, 0.6) is 5.75 Å². The molecule has 22 heavy (non-hydrogen) atoms. The minimum absolute atomic E-state index is 0.0735. The van der Waals surface area contributed by atoms with E-state index in [1.165, 1.54) is 10.9 Å².